The van der Waals surface area contributed by atoms with Crippen molar-refractivity contribution in [2.75, 3.05) is 4.90 Å². The summed E-state index contributed by atoms with van der Waals surface area (Å²) in [6.45, 7) is 0. The molecule has 0 aliphatic rings. The minimum absolute atomic E-state index is 0.619. The monoisotopic (exact) mass is 654 g/mol. The molecule has 0 aliphatic heterocycles. The quantitative estimate of drug-likeness (QED) is 0.179. The maximum absolute atomic E-state index is 6.82. The van der Waals surface area contributed by atoms with Crippen LogP contribution in [0.4, 0.5) is 17.1 Å². The lowest BCUT2D eigenvalue weighted by atomic mass is 10.0. The van der Waals surface area contributed by atoms with Crippen LogP contribution in [0.25, 0.3) is 77.5 Å². The van der Waals surface area contributed by atoms with E-state index in [4.69, 9.17) is 13.8 Å². The molecule has 10 rings (SSSR count). The molecule has 2 heterocycles. The van der Waals surface area contributed by atoms with Crippen molar-refractivity contribution in [2.45, 2.75) is 0 Å². The topological polar surface area (TPSA) is 42.4 Å². The van der Waals surface area contributed by atoms with E-state index in [1.165, 1.54) is 21.9 Å². The Kier molecular flexibility index (Phi) is 6.78. The molecule has 240 valence electrons. The average molecular weight is 655 g/mol. The van der Waals surface area contributed by atoms with Gasteiger partial charge >= 0.3 is 0 Å². The number of furan rings is 1. The van der Waals surface area contributed by atoms with Crippen LogP contribution in [0, 0.1) is 0 Å². The third kappa shape index (κ3) is 5.13. The molecular formula is C47H30N2O2. The first kappa shape index (κ1) is 29.0. The zero-order valence-corrected chi connectivity index (χ0v) is 27.5. The molecule has 0 fully saturated rings. The number of rotatable bonds is 6. The molecule has 51 heavy (non-hydrogen) atoms. The largest absolute Gasteiger partial charge is 0.454 e. The molecule has 0 atom stereocenters. The predicted octanol–water partition coefficient (Wildman–Crippen LogP) is 13.4. The van der Waals surface area contributed by atoms with Crippen molar-refractivity contribution in [3.63, 3.8) is 0 Å². The summed E-state index contributed by atoms with van der Waals surface area (Å²) < 4.78 is 12.9. The van der Waals surface area contributed by atoms with E-state index in [-0.39, 0.29) is 0 Å². The van der Waals surface area contributed by atoms with Crippen LogP contribution >= 0.6 is 0 Å². The minimum atomic E-state index is 0.619. The van der Waals surface area contributed by atoms with Crippen LogP contribution < -0.4 is 4.90 Å². The highest BCUT2D eigenvalue weighted by Crippen LogP contribution is 2.44. The molecule has 0 spiro atoms. The maximum Gasteiger partial charge on any atom is 0.227 e. The standard InChI is InChI=1S/C47H30N2O2/c1-3-10-31(11-4-1)33-18-23-38(24-19-33)49(39-25-20-32-12-7-8-15-35(32)28-39)43-17-9-16-41-40-26-21-37(30-45(40)50-46(41)43)36-22-27-44-42(29-36)48-47(51-44)34-13-5-2-6-14-34/h1-30H. The highest BCUT2D eigenvalue weighted by Gasteiger charge is 2.20. The number of para-hydroxylation sites is 1. The van der Waals surface area contributed by atoms with Gasteiger partial charge < -0.3 is 13.7 Å². The molecule has 10 aromatic rings. The fourth-order valence-corrected chi connectivity index (χ4v) is 7.13. The van der Waals surface area contributed by atoms with Crippen molar-refractivity contribution >= 4 is 60.9 Å². The number of benzene rings is 8. The van der Waals surface area contributed by atoms with Crippen molar-refractivity contribution in [1.29, 1.82) is 0 Å². The van der Waals surface area contributed by atoms with E-state index in [2.05, 4.69) is 144 Å². The van der Waals surface area contributed by atoms with Crippen LogP contribution in [0.2, 0.25) is 0 Å². The number of aromatic nitrogens is 1. The zero-order valence-electron chi connectivity index (χ0n) is 27.5. The van der Waals surface area contributed by atoms with Crippen LogP contribution in [0.5, 0.6) is 0 Å². The Hall–Kier alpha value is -6.91. The lowest BCUT2D eigenvalue weighted by Crippen LogP contribution is -2.10. The molecule has 8 aromatic carbocycles. The molecule has 2 aromatic heterocycles. The number of nitrogens with zero attached hydrogens (tertiary/aromatic N) is 2. The van der Waals surface area contributed by atoms with Crippen LogP contribution in [0.3, 0.4) is 0 Å². The van der Waals surface area contributed by atoms with Crippen molar-refractivity contribution in [1.82, 2.24) is 4.98 Å². The maximum atomic E-state index is 6.82. The number of hydrogen-bond acceptors (Lipinski definition) is 4. The van der Waals surface area contributed by atoms with Crippen LogP contribution in [0.15, 0.2) is 191 Å². The molecule has 0 N–H and O–H groups in total. The highest BCUT2D eigenvalue weighted by atomic mass is 16.3. The summed E-state index contributed by atoms with van der Waals surface area (Å²) in [7, 11) is 0. The van der Waals surface area contributed by atoms with Gasteiger partial charge in [-0.05, 0) is 99.8 Å². The van der Waals surface area contributed by atoms with E-state index >= 15 is 0 Å². The summed E-state index contributed by atoms with van der Waals surface area (Å²) in [6.07, 6.45) is 0. The molecule has 0 saturated carbocycles. The Morgan fingerprint density at radius 1 is 0.392 bits per heavy atom. The summed E-state index contributed by atoms with van der Waals surface area (Å²) in [4.78, 5) is 7.10. The predicted molar refractivity (Wildman–Crippen MR) is 210 cm³/mol. The molecule has 4 heteroatoms. The summed E-state index contributed by atoms with van der Waals surface area (Å²) >= 11 is 0. The van der Waals surface area contributed by atoms with E-state index in [0.29, 0.717) is 5.89 Å². The van der Waals surface area contributed by atoms with E-state index in [1.807, 2.05) is 42.5 Å². The number of hydrogen-bond donors (Lipinski definition) is 0. The number of oxazole rings is 1. The molecular weight excluding hydrogens is 625 g/mol. The Morgan fingerprint density at radius 3 is 1.88 bits per heavy atom. The first-order chi connectivity index (χ1) is 25.2. The lowest BCUT2D eigenvalue weighted by molar-refractivity contribution is 0.620. The van der Waals surface area contributed by atoms with Crippen molar-refractivity contribution in [2.24, 2.45) is 0 Å². The van der Waals surface area contributed by atoms with Crippen LogP contribution in [-0.4, -0.2) is 4.98 Å². The first-order valence-electron chi connectivity index (χ1n) is 17.1. The van der Waals surface area contributed by atoms with Gasteiger partial charge in [-0.1, -0.05) is 115 Å². The highest BCUT2D eigenvalue weighted by molar-refractivity contribution is 6.11. The zero-order chi connectivity index (χ0) is 33.7. The second-order valence-electron chi connectivity index (χ2n) is 12.8. The SMILES string of the molecule is c1ccc(-c2ccc(N(c3ccc4ccccc4c3)c3cccc4c3oc3cc(-c5ccc6oc(-c7ccccc7)nc6c5)ccc34)cc2)cc1. The molecule has 0 amide bonds. The second-order valence-corrected chi connectivity index (χ2v) is 12.8. The van der Waals surface area contributed by atoms with Crippen molar-refractivity contribution < 1.29 is 8.83 Å². The molecule has 0 bridgehead atoms. The fourth-order valence-electron chi connectivity index (χ4n) is 7.13. The third-order valence-corrected chi connectivity index (χ3v) is 9.68. The van der Waals surface area contributed by atoms with Crippen molar-refractivity contribution in [3.8, 4) is 33.7 Å². The van der Waals surface area contributed by atoms with Gasteiger partial charge in [0, 0.05) is 27.7 Å². The van der Waals surface area contributed by atoms with Gasteiger partial charge in [-0.2, -0.15) is 0 Å². The molecule has 0 unspecified atom stereocenters. The summed E-state index contributed by atoms with van der Waals surface area (Å²) in [6, 6.07) is 63.4. The van der Waals surface area contributed by atoms with Crippen LogP contribution in [-0.2, 0) is 0 Å². The Bertz CT molecular complexity index is 2850. The van der Waals surface area contributed by atoms with E-state index in [1.54, 1.807) is 0 Å². The Labute approximate surface area is 294 Å². The molecule has 0 saturated heterocycles. The van der Waals surface area contributed by atoms with Gasteiger partial charge in [-0.15, -0.1) is 0 Å². The smallest absolute Gasteiger partial charge is 0.227 e. The lowest BCUT2D eigenvalue weighted by Gasteiger charge is -2.26. The second kappa shape index (κ2) is 11.9. The first-order valence-corrected chi connectivity index (χ1v) is 17.1. The van der Waals surface area contributed by atoms with Gasteiger partial charge in [0.25, 0.3) is 0 Å². The summed E-state index contributed by atoms with van der Waals surface area (Å²) in [5.74, 6) is 0.619. The van der Waals surface area contributed by atoms with E-state index in [0.717, 1.165) is 66.8 Å². The molecule has 4 nitrogen and oxygen atoms in total. The Morgan fingerprint density at radius 2 is 1.06 bits per heavy atom. The Balaban J connectivity index is 1.09. The van der Waals surface area contributed by atoms with Crippen molar-refractivity contribution in [3.05, 3.63) is 182 Å². The van der Waals surface area contributed by atoms with Gasteiger partial charge in [0.1, 0.15) is 11.1 Å². The van der Waals surface area contributed by atoms with E-state index in [9.17, 15) is 0 Å². The van der Waals surface area contributed by atoms with Gasteiger partial charge in [0.2, 0.25) is 5.89 Å². The summed E-state index contributed by atoms with van der Waals surface area (Å²) in [5.41, 5.74) is 11.8. The molecule has 0 aliphatic carbocycles. The third-order valence-electron chi connectivity index (χ3n) is 9.68. The number of fused-ring (bicyclic) bond motifs is 5. The van der Waals surface area contributed by atoms with Crippen LogP contribution in [0.1, 0.15) is 0 Å². The molecule has 0 radical (unpaired) electrons. The van der Waals surface area contributed by atoms with Gasteiger partial charge in [-0.3, -0.25) is 0 Å². The van der Waals surface area contributed by atoms with Gasteiger partial charge in [0.15, 0.2) is 11.2 Å². The average Bonchev–Trinajstić information content (AvgIpc) is 3.81. The number of anilines is 3. The summed E-state index contributed by atoms with van der Waals surface area (Å²) in [5, 5.41) is 4.53. The van der Waals surface area contributed by atoms with Gasteiger partial charge in [0.05, 0.1) is 5.69 Å². The van der Waals surface area contributed by atoms with E-state index < -0.39 is 0 Å². The normalized spacial score (nSPS) is 11.5. The van der Waals surface area contributed by atoms with Gasteiger partial charge in [-0.25, -0.2) is 4.98 Å². The fraction of sp³-hybridized carbons (Fsp3) is 0. The minimum Gasteiger partial charge on any atom is -0.454 e.